The van der Waals surface area contributed by atoms with Crippen molar-refractivity contribution in [2.24, 2.45) is 0 Å². The van der Waals surface area contributed by atoms with Gasteiger partial charge in [-0.15, -0.1) is 0 Å². The van der Waals surface area contributed by atoms with Crippen LogP contribution in [0, 0.1) is 0 Å². The summed E-state index contributed by atoms with van der Waals surface area (Å²) in [6.45, 7) is 4.53. The molecule has 0 saturated heterocycles. The van der Waals surface area contributed by atoms with E-state index in [4.69, 9.17) is 4.74 Å². The molecule has 0 aromatic heterocycles. The molecule has 6 aromatic carbocycles. The molecule has 0 atom stereocenters. The molecule has 0 saturated carbocycles. The molecule has 1 heterocycles. The summed E-state index contributed by atoms with van der Waals surface area (Å²) < 4.78 is 6.73. The Morgan fingerprint density at radius 2 is 1.02 bits per heavy atom. The molecule has 0 spiro atoms. The first-order valence-electron chi connectivity index (χ1n) is 15.1. The average molecular weight is 584 g/mol. The highest BCUT2D eigenvalue weighted by atomic mass is 16.5. The third-order valence-corrected chi connectivity index (χ3v) is 9.12. The second-order valence-electron chi connectivity index (χ2n) is 12.1. The summed E-state index contributed by atoms with van der Waals surface area (Å²) in [5.41, 5.74) is 9.88. The maximum Gasteiger partial charge on any atom is 0.194 e. The van der Waals surface area contributed by atoms with Crippen molar-refractivity contribution < 1.29 is 14.3 Å². The summed E-state index contributed by atoms with van der Waals surface area (Å²) >= 11 is 0. The van der Waals surface area contributed by atoms with E-state index in [-0.39, 0.29) is 17.0 Å². The summed E-state index contributed by atoms with van der Waals surface area (Å²) in [6.07, 6.45) is 0. The number of para-hydroxylation sites is 4. The minimum Gasteiger partial charge on any atom is -0.456 e. The molecule has 1 N–H and O–H groups in total. The normalized spacial score (nSPS) is 14.0. The van der Waals surface area contributed by atoms with Crippen LogP contribution in [-0.2, 0) is 5.41 Å². The number of fused-ring (bicyclic) bond motifs is 4. The van der Waals surface area contributed by atoms with Gasteiger partial charge in [0, 0.05) is 50.0 Å². The molecule has 0 fully saturated rings. The molecule has 6 aromatic rings. The van der Waals surface area contributed by atoms with Crippen LogP contribution in [0.5, 0.6) is 11.5 Å². The number of hydrogen-bond donors (Lipinski definition) is 1. The zero-order valence-corrected chi connectivity index (χ0v) is 24.9. The van der Waals surface area contributed by atoms with Crippen molar-refractivity contribution in [2.75, 3.05) is 5.32 Å². The first kappa shape index (κ1) is 26.9. The van der Waals surface area contributed by atoms with E-state index in [1.165, 1.54) is 11.1 Å². The third-order valence-electron chi connectivity index (χ3n) is 9.12. The molecule has 1 aliphatic heterocycles. The average Bonchev–Trinajstić information content (AvgIpc) is 3.07. The number of ether oxygens (including phenoxy) is 1. The van der Waals surface area contributed by atoms with Crippen LogP contribution in [0.3, 0.4) is 0 Å². The molecule has 8 rings (SSSR count). The van der Waals surface area contributed by atoms with Crippen LogP contribution < -0.4 is 10.1 Å². The van der Waals surface area contributed by atoms with E-state index in [2.05, 4.69) is 67.7 Å². The summed E-state index contributed by atoms with van der Waals surface area (Å²) in [6, 6.07) is 43.3. The quantitative estimate of drug-likeness (QED) is 0.224. The molecule has 45 heavy (non-hydrogen) atoms. The Labute approximate surface area is 262 Å². The highest BCUT2D eigenvalue weighted by Crippen LogP contribution is 2.50. The molecular formula is C41H29NO3. The SMILES string of the molecule is CC1(C)c2ccccc2Nc2c(-c3ccccc3Oc3ccccc3-c3ccc4c(c3)C(=O)c3ccccc3C4=O)cccc21. The second kappa shape index (κ2) is 10.2. The van der Waals surface area contributed by atoms with Crippen LogP contribution in [0.2, 0.25) is 0 Å². The molecule has 0 unspecified atom stereocenters. The standard InChI is InChI=1S/C41H29NO3/c1-41(2)33-17-7-8-19-35(33)42-38-28(16-11-18-34(38)41)27-13-6-10-21-37(27)45-36-20-9-5-12-26(36)25-22-23-31-32(24-25)40(44)30-15-4-3-14-29(30)39(31)43/h3-24,42H,1-2H3. The van der Waals surface area contributed by atoms with Crippen molar-refractivity contribution in [3.63, 3.8) is 0 Å². The van der Waals surface area contributed by atoms with Crippen molar-refractivity contribution >= 4 is 22.9 Å². The Kier molecular flexibility index (Phi) is 6.07. The summed E-state index contributed by atoms with van der Waals surface area (Å²) in [5, 5.41) is 3.72. The first-order chi connectivity index (χ1) is 21.9. The van der Waals surface area contributed by atoms with Crippen molar-refractivity contribution in [3.8, 4) is 33.8 Å². The van der Waals surface area contributed by atoms with Gasteiger partial charge in [-0.3, -0.25) is 9.59 Å². The fourth-order valence-electron chi connectivity index (χ4n) is 6.81. The van der Waals surface area contributed by atoms with E-state index in [1.54, 1.807) is 30.3 Å². The zero-order valence-electron chi connectivity index (χ0n) is 24.9. The smallest absolute Gasteiger partial charge is 0.194 e. The molecule has 2 aliphatic rings. The van der Waals surface area contributed by atoms with Crippen LogP contribution in [0.4, 0.5) is 11.4 Å². The van der Waals surface area contributed by atoms with E-state index >= 15 is 0 Å². The van der Waals surface area contributed by atoms with E-state index in [9.17, 15) is 9.59 Å². The van der Waals surface area contributed by atoms with Gasteiger partial charge in [0.15, 0.2) is 11.6 Å². The Bertz CT molecular complexity index is 2190. The Balaban J connectivity index is 1.20. The summed E-state index contributed by atoms with van der Waals surface area (Å²) in [5.74, 6) is 1.10. The number of nitrogens with one attached hydrogen (secondary N) is 1. The number of rotatable bonds is 4. The summed E-state index contributed by atoms with van der Waals surface area (Å²) in [4.78, 5) is 26.7. The van der Waals surface area contributed by atoms with E-state index < -0.39 is 0 Å². The third kappa shape index (κ3) is 4.21. The number of ketones is 2. The van der Waals surface area contributed by atoms with Crippen LogP contribution in [-0.4, -0.2) is 11.6 Å². The van der Waals surface area contributed by atoms with Crippen LogP contribution in [0.15, 0.2) is 133 Å². The fraction of sp³-hybridized carbons (Fsp3) is 0.0732. The molecule has 216 valence electrons. The highest BCUT2D eigenvalue weighted by molar-refractivity contribution is 6.28. The second-order valence-corrected chi connectivity index (χ2v) is 12.1. The molecule has 4 heteroatoms. The van der Waals surface area contributed by atoms with Gasteiger partial charge in [0.1, 0.15) is 11.5 Å². The van der Waals surface area contributed by atoms with Gasteiger partial charge in [0.2, 0.25) is 0 Å². The molecule has 0 bridgehead atoms. The maximum atomic E-state index is 13.5. The molecule has 0 radical (unpaired) electrons. The lowest BCUT2D eigenvalue weighted by Gasteiger charge is -2.36. The van der Waals surface area contributed by atoms with Crippen LogP contribution >= 0.6 is 0 Å². The van der Waals surface area contributed by atoms with E-state index in [0.717, 1.165) is 39.4 Å². The van der Waals surface area contributed by atoms with Gasteiger partial charge >= 0.3 is 0 Å². The van der Waals surface area contributed by atoms with Crippen LogP contribution in [0.25, 0.3) is 22.3 Å². The van der Waals surface area contributed by atoms with Gasteiger partial charge in [-0.05, 0) is 47.0 Å². The zero-order chi connectivity index (χ0) is 30.7. The minimum absolute atomic E-state index is 0.129. The number of carbonyl (C=O) groups is 2. The van der Waals surface area contributed by atoms with Crippen molar-refractivity contribution in [3.05, 3.63) is 167 Å². The molecule has 0 amide bonds. The highest BCUT2D eigenvalue weighted by Gasteiger charge is 2.34. The number of carbonyl (C=O) groups excluding carboxylic acids is 2. The maximum absolute atomic E-state index is 13.5. The predicted octanol–water partition coefficient (Wildman–Crippen LogP) is 9.97. The first-order valence-corrected chi connectivity index (χ1v) is 15.1. The topological polar surface area (TPSA) is 55.4 Å². The Morgan fingerprint density at radius 1 is 0.489 bits per heavy atom. The molecular weight excluding hydrogens is 554 g/mol. The van der Waals surface area contributed by atoms with E-state index in [0.29, 0.717) is 28.0 Å². The van der Waals surface area contributed by atoms with E-state index in [1.807, 2.05) is 54.6 Å². The Morgan fingerprint density at radius 3 is 1.78 bits per heavy atom. The number of benzene rings is 6. The van der Waals surface area contributed by atoms with Crippen molar-refractivity contribution in [2.45, 2.75) is 19.3 Å². The molecule has 1 aliphatic carbocycles. The van der Waals surface area contributed by atoms with Gasteiger partial charge in [0.05, 0.1) is 5.69 Å². The lowest BCUT2D eigenvalue weighted by Crippen LogP contribution is -2.26. The summed E-state index contributed by atoms with van der Waals surface area (Å²) in [7, 11) is 0. The van der Waals surface area contributed by atoms with Gasteiger partial charge in [-0.1, -0.05) is 117 Å². The van der Waals surface area contributed by atoms with Crippen molar-refractivity contribution in [1.82, 2.24) is 0 Å². The largest absolute Gasteiger partial charge is 0.456 e. The predicted molar refractivity (Wildman–Crippen MR) is 179 cm³/mol. The lowest BCUT2D eigenvalue weighted by atomic mass is 9.73. The lowest BCUT2D eigenvalue weighted by molar-refractivity contribution is 0.0979. The Hall–Kier alpha value is -5.74. The number of anilines is 2. The van der Waals surface area contributed by atoms with Gasteiger partial charge in [-0.2, -0.15) is 0 Å². The van der Waals surface area contributed by atoms with Crippen LogP contribution in [0.1, 0.15) is 56.8 Å². The minimum atomic E-state index is -0.179. The van der Waals surface area contributed by atoms with Crippen molar-refractivity contribution in [1.29, 1.82) is 0 Å². The molecule has 4 nitrogen and oxygen atoms in total. The van der Waals surface area contributed by atoms with Gasteiger partial charge in [0.25, 0.3) is 0 Å². The monoisotopic (exact) mass is 583 g/mol. The fourth-order valence-corrected chi connectivity index (χ4v) is 6.81. The van der Waals surface area contributed by atoms with Gasteiger partial charge in [-0.25, -0.2) is 0 Å². The number of hydrogen-bond acceptors (Lipinski definition) is 4. The van der Waals surface area contributed by atoms with Gasteiger partial charge < -0.3 is 10.1 Å².